The molecule has 0 aromatic carbocycles. The summed E-state index contributed by atoms with van der Waals surface area (Å²) in [5, 5.41) is 8.95. The van der Waals surface area contributed by atoms with Crippen molar-refractivity contribution in [2.75, 3.05) is 0 Å². The maximum Gasteiger partial charge on any atom is 0.0682 e. The molecule has 0 aliphatic heterocycles. The summed E-state index contributed by atoms with van der Waals surface area (Å²) in [4.78, 5) is 0. The third kappa shape index (κ3) is 8.29. The van der Waals surface area contributed by atoms with Crippen molar-refractivity contribution in [3.63, 3.8) is 0 Å². The van der Waals surface area contributed by atoms with Crippen LogP contribution < -0.4 is 0 Å². The van der Waals surface area contributed by atoms with Crippen molar-refractivity contribution < 1.29 is 0 Å². The Balaban J connectivity index is 5.79. The van der Waals surface area contributed by atoms with Crippen LogP contribution in [0.3, 0.4) is 0 Å². The molecule has 0 amide bonds. The summed E-state index contributed by atoms with van der Waals surface area (Å²) in [5.41, 5.74) is 5.19. The van der Waals surface area contributed by atoms with Gasteiger partial charge < -0.3 is 0 Å². The molecule has 0 rings (SSSR count). The molecule has 0 bridgehead atoms. The number of hydrogen-bond donors (Lipinski definition) is 0. The van der Waals surface area contributed by atoms with E-state index in [0.717, 1.165) is 12.1 Å². The van der Waals surface area contributed by atoms with Crippen LogP contribution in [-0.2, 0) is 0 Å². The minimum Gasteiger partial charge on any atom is -0.186 e. The molecule has 2 nitrogen and oxygen atoms in total. The number of azo groups is 1. The largest absolute Gasteiger partial charge is 0.186 e. The summed E-state index contributed by atoms with van der Waals surface area (Å²) < 4.78 is 0. The average molecular weight is 319 g/mol. The molecule has 0 saturated heterocycles. The first-order chi connectivity index (χ1) is 10.6. The van der Waals surface area contributed by atoms with Gasteiger partial charge in [-0.2, -0.15) is 10.2 Å². The Bertz CT molecular complexity index is 474. The fraction of sp³-hybridized carbons (Fsp3) is 0.714. The van der Waals surface area contributed by atoms with E-state index in [2.05, 4.69) is 91.6 Å². The van der Waals surface area contributed by atoms with Crippen LogP contribution in [0, 0.1) is 17.8 Å². The molecule has 23 heavy (non-hydrogen) atoms. The molecule has 2 heteroatoms. The van der Waals surface area contributed by atoms with Crippen LogP contribution in [0.1, 0.15) is 75.7 Å². The molecule has 1 unspecified atom stereocenters. The maximum atomic E-state index is 4.52. The van der Waals surface area contributed by atoms with Crippen molar-refractivity contribution >= 4 is 0 Å². The number of rotatable bonds is 8. The molecule has 132 valence electrons. The van der Waals surface area contributed by atoms with Crippen molar-refractivity contribution in [3.05, 3.63) is 34.6 Å². The van der Waals surface area contributed by atoms with Gasteiger partial charge in [-0.05, 0) is 62.2 Å². The first kappa shape index (κ1) is 21.8. The lowest BCUT2D eigenvalue weighted by Crippen LogP contribution is -2.00. The molecule has 0 saturated carbocycles. The van der Waals surface area contributed by atoms with Gasteiger partial charge in [0.05, 0.1) is 11.7 Å². The highest BCUT2D eigenvalue weighted by Crippen LogP contribution is 2.24. The van der Waals surface area contributed by atoms with E-state index < -0.39 is 0 Å². The van der Waals surface area contributed by atoms with Crippen LogP contribution in [-0.4, -0.2) is 6.04 Å². The molecule has 1 atom stereocenters. The predicted molar refractivity (Wildman–Crippen MR) is 104 cm³/mol. The van der Waals surface area contributed by atoms with Crippen LogP contribution in [0.5, 0.6) is 0 Å². The summed E-state index contributed by atoms with van der Waals surface area (Å²) in [5.74, 6) is 1.46. The summed E-state index contributed by atoms with van der Waals surface area (Å²) >= 11 is 0. The first-order valence-corrected chi connectivity index (χ1v) is 9.11. The molecule has 0 spiro atoms. The number of hydrogen-bond acceptors (Lipinski definition) is 2. The Morgan fingerprint density at radius 1 is 0.826 bits per heavy atom. The zero-order valence-electron chi connectivity index (χ0n) is 17.1. The average Bonchev–Trinajstić information content (AvgIpc) is 2.46. The highest BCUT2D eigenvalue weighted by molar-refractivity contribution is 5.36. The van der Waals surface area contributed by atoms with Crippen molar-refractivity contribution in [3.8, 4) is 0 Å². The molecule has 0 heterocycles. The van der Waals surface area contributed by atoms with Gasteiger partial charge in [0.1, 0.15) is 0 Å². The van der Waals surface area contributed by atoms with Gasteiger partial charge >= 0.3 is 0 Å². The van der Waals surface area contributed by atoms with E-state index in [-0.39, 0.29) is 6.04 Å². The smallest absolute Gasteiger partial charge is 0.0682 e. The van der Waals surface area contributed by atoms with E-state index >= 15 is 0 Å². The second kappa shape index (κ2) is 10.6. The molecule has 0 radical (unpaired) electrons. The van der Waals surface area contributed by atoms with Crippen LogP contribution in [0.25, 0.3) is 0 Å². The van der Waals surface area contributed by atoms with Crippen LogP contribution >= 0.6 is 0 Å². The predicted octanol–water partition coefficient (Wildman–Crippen LogP) is 7.35. The van der Waals surface area contributed by atoms with E-state index in [1.54, 1.807) is 0 Å². The topological polar surface area (TPSA) is 24.7 Å². The Morgan fingerprint density at radius 3 is 1.78 bits per heavy atom. The van der Waals surface area contributed by atoms with E-state index in [1.807, 2.05) is 0 Å². The van der Waals surface area contributed by atoms with Crippen LogP contribution in [0.2, 0.25) is 0 Å². The fourth-order valence-electron chi connectivity index (χ4n) is 2.01. The normalized spacial score (nSPS) is 16.7. The molecular formula is C21H38N2. The second-order valence-corrected chi connectivity index (χ2v) is 7.53. The third-order valence-corrected chi connectivity index (χ3v) is 4.29. The number of nitrogens with zero attached hydrogens (tertiary/aromatic N) is 2. The molecule has 0 N–H and O–H groups in total. The van der Waals surface area contributed by atoms with Gasteiger partial charge in [-0.15, -0.1) is 0 Å². The van der Waals surface area contributed by atoms with Crippen molar-refractivity contribution in [1.82, 2.24) is 0 Å². The molecular weight excluding hydrogens is 280 g/mol. The molecule has 0 aliphatic rings. The van der Waals surface area contributed by atoms with E-state index in [1.165, 1.54) is 16.7 Å². The van der Waals surface area contributed by atoms with Gasteiger partial charge in [-0.25, -0.2) is 0 Å². The van der Waals surface area contributed by atoms with Gasteiger partial charge in [0, 0.05) is 0 Å². The fourth-order valence-corrected chi connectivity index (χ4v) is 2.01. The Hall–Kier alpha value is -1.18. The maximum absolute atomic E-state index is 4.52. The Labute approximate surface area is 144 Å². The van der Waals surface area contributed by atoms with E-state index in [4.69, 9.17) is 0 Å². The second-order valence-electron chi connectivity index (χ2n) is 7.53. The van der Waals surface area contributed by atoms with Crippen LogP contribution in [0.4, 0.5) is 0 Å². The van der Waals surface area contributed by atoms with Gasteiger partial charge in [-0.1, -0.05) is 60.1 Å². The minimum atomic E-state index is 0.286. The summed E-state index contributed by atoms with van der Waals surface area (Å²) in [6.07, 6.45) is 5.60. The van der Waals surface area contributed by atoms with E-state index in [0.29, 0.717) is 17.8 Å². The van der Waals surface area contributed by atoms with Gasteiger partial charge in [0.25, 0.3) is 0 Å². The summed E-state index contributed by atoms with van der Waals surface area (Å²) in [6, 6.07) is 0.286. The standard InChI is InChI=1S/C21H38N2/c1-11-19(10)22-23-21(16(6)7)13-18(9)20(15(4)5)12-17(8)14(2)3/h12-16,19H,11H2,1-10H3/b17-12+,20-18-,21-13-,23-22?. The molecule has 0 aromatic rings. The molecule has 0 fully saturated rings. The van der Waals surface area contributed by atoms with Crippen molar-refractivity contribution in [1.29, 1.82) is 0 Å². The Morgan fingerprint density at radius 2 is 1.39 bits per heavy atom. The van der Waals surface area contributed by atoms with Crippen molar-refractivity contribution in [2.24, 2.45) is 28.0 Å². The Kier molecular flexibility index (Phi) is 10.0. The zero-order chi connectivity index (χ0) is 18.2. The quantitative estimate of drug-likeness (QED) is 0.330. The SMILES string of the molecule is CCC(C)N=N\C(=C/C(C)=C(/C=C(\C)C(C)C)C(C)C)C(C)C. The molecule has 0 aromatic heterocycles. The summed E-state index contributed by atoms with van der Waals surface area (Å²) in [6.45, 7) is 22.0. The first-order valence-electron chi connectivity index (χ1n) is 9.11. The minimum absolute atomic E-state index is 0.286. The van der Waals surface area contributed by atoms with Gasteiger partial charge in [0.15, 0.2) is 0 Å². The van der Waals surface area contributed by atoms with Crippen molar-refractivity contribution in [2.45, 2.75) is 81.7 Å². The van der Waals surface area contributed by atoms with Gasteiger partial charge in [-0.3, -0.25) is 0 Å². The lowest BCUT2D eigenvalue weighted by Gasteiger charge is -2.15. The van der Waals surface area contributed by atoms with Crippen LogP contribution in [0.15, 0.2) is 44.8 Å². The van der Waals surface area contributed by atoms with Gasteiger partial charge in [0.2, 0.25) is 0 Å². The lowest BCUT2D eigenvalue weighted by atomic mass is 9.92. The highest BCUT2D eigenvalue weighted by atomic mass is 15.1. The summed E-state index contributed by atoms with van der Waals surface area (Å²) in [7, 11) is 0. The zero-order valence-corrected chi connectivity index (χ0v) is 17.1. The highest BCUT2D eigenvalue weighted by Gasteiger charge is 2.09. The lowest BCUT2D eigenvalue weighted by molar-refractivity contribution is 0.647. The molecule has 0 aliphatic carbocycles. The third-order valence-electron chi connectivity index (χ3n) is 4.29. The van der Waals surface area contributed by atoms with E-state index in [9.17, 15) is 0 Å². The number of allylic oxidation sites excluding steroid dienone is 6. The monoisotopic (exact) mass is 318 g/mol.